The normalized spacial score (nSPS) is 15.6. The minimum absolute atomic E-state index is 0.0878. The van der Waals surface area contributed by atoms with Gasteiger partial charge in [0.25, 0.3) is 0 Å². The number of methoxy groups -OCH3 is 2. The lowest BCUT2D eigenvalue weighted by Gasteiger charge is -2.37. The average Bonchev–Trinajstić information content (AvgIpc) is 2.60. The molecule has 0 amide bonds. The monoisotopic (exact) mass is 363 g/mol. The van der Waals surface area contributed by atoms with Crippen molar-refractivity contribution in [1.82, 2.24) is 4.31 Å². The Balaban J connectivity index is 1.61. The summed E-state index contributed by atoms with van der Waals surface area (Å²) in [6, 6.07) is 14.4. The number of hydrogen-bond acceptors (Lipinski definition) is 5. The van der Waals surface area contributed by atoms with Gasteiger partial charge in [-0.15, -0.1) is 0 Å². The van der Waals surface area contributed by atoms with E-state index in [0.29, 0.717) is 31.2 Å². The molecule has 1 fully saturated rings. The van der Waals surface area contributed by atoms with Crippen molar-refractivity contribution in [3.8, 4) is 11.5 Å². The number of benzene rings is 2. The van der Waals surface area contributed by atoms with Gasteiger partial charge in [-0.25, -0.2) is 8.42 Å². The van der Waals surface area contributed by atoms with E-state index in [-0.39, 0.29) is 11.0 Å². The van der Waals surface area contributed by atoms with Crippen LogP contribution in [0.4, 0.5) is 0 Å². The van der Waals surface area contributed by atoms with Gasteiger partial charge in [0, 0.05) is 19.2 Å². The van der Waals surface area contributed by atoms with Crippen LogP contribution < -0.4 is 9.47 Å². The molecule has 25 heavy (non-hydrogen) atoms. The van der Waals surface area contributed by atoms with Crippen LogP contribution >= 0.6 is 0 Å². The summed E-state index contributed by atoms with van der Waals surface area (Å²) < 4.78 is 42.8. The van der Waals surface area contributed by atoms with Gasteiger partial charge in [0.2, 0.25) is 10.0 Å². The van der Waals surface area contributed by atoms with Crippen molar-refractivity contribution in [2.24, 2.45) is 0 Å². The Labute approximate surface area is 148 Å². The standard InChI is InChI=1S/C18H21NO5S/c1-22-17-9-8-16(10-18(17)23-2)25(20,21)19-11-15(12-19)24-13-14-6-4-3-5-7-14/h3-10,15H,11-13H2,1-2H3. The first kappa shape index (κ1) is 17.7. The zero-order valence-corrected chi connectivity index (χ0v) is 15.0. The van der Waals surface area contributed by atoms with Crippen LogP contribution in [-0.4, -0.2) is 46.1 Å². The van der Waals surface area contributed by atoms with Gasteiger partial charge in [-0.05, 0) is 17.7 Å². The second-order valence-electron chi connectivity index (χ2n) is 5.76. The van der Waals surface area contributed by atoms with E-state index in [1.165, 1.54) is 30.7 Å². The predicted octanol–water partition coefficient (Wildman–Crippen LogP) is 2.29. The molecular weight excluding hydrogens is 342 g/mol. The van der Waals surface area contributed by atoms with Crippen LogP contribution in [-0.2, 0) is 21.4 Å². The second kappa shape index (κ2) is 7.43. The molecule has 0 radical (unpaired) electrons. The van der Waals surface area contributed by atoms with Gasteiger partial charge in [-0.1, -0.05) is 30.3 Å². The molecule has 3 rings (SSSR count). The highest BCUT2D eigenvalue weighted by Crippen LogP contribution is 2.32. The number of rotatable bonds is 7. The smallest absolute Gasteiger partial charge is 0.243 e. The van der Waals surface area contributed by atoms with Crippen LogP contribution in [0.5, 0.6) is 11.5 Å². The molecule has 2 aromatic carbocycles. The fourth-order valence-electron chi connectivity index (χ4n) is 2.62. The molecule has 0 spiro atoms. The maximum atomic E-state index is 12.7. The molecular formula is C18H21NO5S. The van der Waals surface area contributed by atoms with E-state index in [1.54, 1.807) is 6.07 Å². The van der Waals surface area contributed by atoms with E-state index in [0.717, 1.165) is 5.56 Å². The third-order valence-electron chi connectivity index (χ3n) is 4.14. The summed E-state index contributed by atoms with van der Waals surface area (Å²) in [4.78, 5) is 0.187. The van der Waals surface area contributed by atoms with E-state index in [4.69, 9.17) is 14.2 Å². The van der Waals surface area contributed by atoms with E-state index in [2.05, 4.69) is 0 Å². The average molecular weight is 363 g/mol. The van der Waals surface area contributed by atoms with Crippen molar-refractivity contribution in [1.29, 1.82) is 0 Å². The van der Waals surface area contributed by atoms with Crippen LogP contribution in [0.1, 0.15) is 5.56 Å². The molecule has 0 aromatic heterocycles. The zero-order valence-electron chi connectivity index (χ0n) is 14.2. The largest absolute Gasteiger partial charge is 0.493 e. The molecule has 0 saturated carbocycles. The summed E-state index contributed by atoms with van der Waals surface area (Å²) in [5, 5.41) is 0. The Morgan fingerprint density at radius 1 is 1.00 bits per heavy atom. The highest BCUT2D eigenvalue weighted by atomic mass is 32.2. The van der Waals surface area contributed by atoms with Gasteiger partial charge in [-0.3, -0.25) is 0 Å². The molecule has 7 heteroatoms. The van der Waals surface area contributed by atoms with Gasteiger partial charge in [0.1, 0.15) is 0 Å². The first-order chi connectivity index (χ1) is 12.0. The summed E-state index contributed by atoms with van der Waals surface area (Å²) in [6.45, 7) is 1.18. The van der Waals surface area contributed by atoms with Crippen molar-refractivity contribution in [3.05, 3.63) is 54.1 Å². The van der Waals surface area contributed by atoms with E-state index >= 15 is 0 Å². The van der Waals surface area contributed by atoms with Gasteiger partial charge >= 0.3 is 0 Å². The summed E-state index contributed by atoms with van der Waals surface area (Å²) in [5.74, 6) is 0.884. The topological polar surface area (TPSA) is 65.1 Å². The molecule has 6 nitrogen and oxygen atoms in total. The molecule has 1 saturated heterocycles. The Morgan fingerprint density at radius 2 is 1.68 bits per heavy atom. The maximum absolute atomic E-state index is 12.7. The minimum atomic E-state index is -3.56. The molecule has 2 aromatic rings. The van der Waals surface area contributed by atoms with E-state index < -0.39 is 10.0 Å². The molecule has 0 unspecified atom stereocenters. The van der Waals surface area contributed by atoms with E-state index in [9.17, 15) is 8.42 Å². The first-order valence-electron chi connectivity index (χ1n) is 7.92. The quantitative estimate of drug-likeness (QED) is 0.755. The molecule has 0 bridgehead atoms. The molecule has 1 aliphatic heterocycles. The first-order valence-corrected chi connectivity index (χ1v) is 9.36. The van der Waals surface area contributed by atoms with Crippen LogP contribution in [0.25, 0.3) is 0 Å². The molecule has 0 atom stereocenters. The van der Waals surface area contributed by atoms with Gasteiger partial charge in [-0.2, -0.15) is 4.31 Å². The van der Waals surface area contributed by atoms with Crippen molar-refractivity contribution >= 4 is 10.0 Å². The van der Waals surface area contributed by atoms with Gasteiger partial charge in [0.05, 0.1) is 31.8 Å². The summed E-state index contributed by atoms with van der Waals surface area (Å²) in [7, 11) is -0.570. The van der Waals surface area contributed by atoms with Crippen LogP contribution in [0.3, 0.4) is 0 Å². The highest BCUT2D eigenvalue weighted by Gasteiger charge is 2.37. The fourth-order valence-corrected chi connectivity index (χ4v) is 4.14. The Bertz CT molecular complexity index is 817. The summed E-state index contributed by atoms with van der Waals surface area (Å²) in [6.07, 6.45) is -0.0878. The fraction of sp³-hybridized carbons (Fsp3) is 0.333. The van der Waals surface area contributed by atoms with Crippen molar-refractivity contribution in [2.75, 3.05) is 27.3 Å². The zero-order chi connectivity index (χ0) is 17.9. The number of ether oxygens (including phenoxy) is 3. The Hall–Kier alpha value is -2.09. The molecule has 134 valence electrons. The second-order valence-corrected chi connectivity index (χ2v) is 7.70. The van der Waals surface area contributed by atoms with Crippen molar-refractivity contribution < 1.29 is 22.6 Å². The maximum Gasteiger partial charge on any atom is 0.243 e. The van der Waals surface area contributed by atoms with E-state index in [1.807, 2.05) is 30.3 Å². The lowest BCUT2D eigenvalue weighted by atomic mass is 10.2. The van der Waals surface area contributed by atoms with Crippen molar-refractivity contribution in [3.63, 3.8) is 0 Å². The third kappa shape index (κ3) is 3.78. The SMILES string of the molecule is COc1ccc(S(=O)(=O)N2CC(OCc3ccccc3)C2)cc1OC. The summed E-state index contributed by atoms with van der Waals surface area (Å²) in [5.41, 5.74) is 1.07. The number of sulfonamides is 1. The third-order valence-corrected chi connectivity index (χ3v) is 5.96. The van der Waals surface area contributed by atoms with Gasteiger partial charge < -0.3 is 14.2 Å². The lowest BCUT2D eigenvalue weighted by molar-refractivity contribution is -0.0295. The minimum Gasteiger partial charge on any atom is -0.493 e. The Kier molecular flexibility index (Phi) is 5.27. The lowest BCUT2D eigenvalue weighted by Crippen LogP contribution is -2.54. The molecule has 1 aliphatic rings. The summed E-state index contributed by atoms with van der Waals surface area (Å²) >= 11 is 0. The van der Waals surface area contributed by atoms with Crippen LogP contribution in [0.2, 0.25) is 0 Å². The molecule has 1 heterocycles. The van der Waals surface area contributed by atoms with Crippen LogP contribution in [0, 0.1) is 0 Å². The Morgan fingerprint density at radius 3 is 2.32 bits per heavy atom. The predicted molar refractivity (Wildman–Crippen MR) is 93.3 cm³/mol. The highest BCUT2D eigenvalue weighted by molar-refractivity contribution is 7.89. The van der Waals surface area contributed by atoms with Gasteiger partial charge in [0.15, 0.2) is 11.5 Å². The van der Waals surface area contributed by atoms with Crippen LogP contribution in [0.15, 0.2) is 53.4 Å². The molecule has 0 N–H and O–H groups in total. The number of nitrogens with zero attached hydrogens (tertiary/aromatic N) is 1. The number of hydrogen-bond donors (Lipinski definition) is 0. The molecule has 0 aliphatic carbocycles. The van der Waals surface area contributed by atoms with Crippen molar-refractivity contribution in [2.45, 2.75) is 17.6 Å².